The third-order valence-corrected chi connectivity index (χ3v) is 7.34. The maximum atomic E-state index is 15.0. The van der Waals surface area contributed by atoms with Crippen molar-refractivity contribution in [2.24, 2.45) is 0 Å². The maximum absolute atomic E-state index is 15.0. The van der Waals surface area contributed by atoms with Crippen molar-refractivity contribution in [3.8, 4) is 11.3 Å². The van der Waals surface area contributed by atoms with Crippen LogP contribution >= 0.6 is 0 Å². The van der Waals surface area contributed by atoms with Crippen molar-refractivity contribution in [2.45, 2.75) is 44.1 Å². The molecule has 0 aliphatic heterocycles. The first-order chi connectivity index (χ1) is 16.7. The van der Waals surface area contributed by atoms with E-state index in [0.29, 0.717) is 17.0 Å². The molecule has 168 valence electrons. The third kappa shape index (κ3) is 3.00. The van der Waals surface area contributed by atoms with Crippen molar-refractivity contribution < 1.29 is 4.39 Å². The average Bonchev–Trinajstić information content (AvgIpc) is 3.60. The Morgan fingerprint density at radius 2 is 1.97 bits per heavy atom. The van der Waals surface area contributed by atoms with Gasteiger partial charge in [0.2, 0.25) is 0 Å². The minimum absolute atomic E-state index is 0.114. The van der Waals surface area contributed by atoms with Crippen LogP contribution in [0.1, 0.15) is 54.3 Å². The summed E-state index contributed by atoms with van der Waals surface area (Å²) >= 11 is 0. The summed E-state index contributed by atoms with van der Waals surface area (Å²) in [6.45, 7) is 0. The van der Waals surface area contributed by atoms with Crippen LogP contribution in [0.25, 0.3) is 33.1 Å². The van der Waals surface area contributed by atoms with Crippen LogP contribution in [-0.2, 0) is 6.42 Å². The minimum atomic E-state index is -0.405. The first kappa shape index (κ1) is 19.6. The Morgan fingerprint density at radius 1 is 1.06 bits per heavy atom. The topological polar surface area (TPSA) is 76.5 Å². The summed E-state index contributed by atoms with van der Waals surface area (Å²) in [5.74, 6) is 0.0388. The molecule has 1 unspecified atom stereocenters. The lowest BCUT2D eigenvalue weighted by molar-refractivity contribution is 0.479. The van der Waals surface area contributed by atoms with Crippen molar-refractivity contribution >= 4 is 21.8 Å². The molecular weight excluding hydrogens is 429 g/mol. The van der Waals surface area contributed by atoms with Crippen LogP contribution < -0.4 is 5.56 Å². The van der Waals surface area contributed by atoms with E-state index in [4.69, 9.17) is 0 Å². The molecule has 3 heterocycles. The Morgan fingerprint density at radius 3 is 2.85 bits per heavy atom. The van der Waals surface area contributed by atoms with Gasteiger partial charge in [-0.1, -0.05) is 18.2 Å². The summed E-state index contributed by atoms with van der Waals surface area (Å²) in [6.07, 6.45) is 10.1. The molecule has 7 rings (SSSR count). The second-order valence-electron chi connectivity index (χ2n) is 9.45. The van der Waals surface area contributed by atoms with Crippen molar-refractivity contribution in [1.29, 1.82) is 0 Å². The molecule has 0 radical (unpaired) electrons. The number of aryl methyl sites for hydroxylation is 1. The fourth-order valence-electron chi connectivity index (χ4n) is 5.48. The number of rotatable bonds is 3. The number of hydrogen-bond acceptors (Lipinski definition) is 4. The Kier molecular flexibility index (Phi) is 4.21. The summed E-state index contributed by atoms with van der Waals surface area (Å²) in [4.78, 5) is 22.2. The first-order valence-electron chi connectivity index (χ1n) is 11.8. The van der Waals surface area contributed by atoms with Gasteiger partial charge in [-0.3, -0.25) is 9.89 Å². The van der Waals surface area contributed by atoms with E-state index in [9.17, 15) is 4.79 Å². The standard InChI is InChI=1S/C27H22FN5O/c28-22-12-19(15-4-5-15)11-17-8-9-33(27(34)24(17)22)23-3-1-2-16-10-18(6-7-20(16)23)25-21-13-31-32-26(21)30-14-29-25/h6-15,23H,1-5H2,(H,29,30,31,32). The molecule has 2 aliphatic carbocycles. The summed E-state index contributed by atoms with van der Waals surface area (Å²) in [5, 5.41) is 8.75. The van der Waals surface area contributed by atoms with Crippen LogP contribution in [0, 0.1) is 5.82 Å². The number of H-pyrrole nitrogens is 1. The van der Waals surface area contributed by atoms with E-state index in [-0.39, 0.29) is 17.0 Å². The molecule has 0 amide bonds. The zero-order valence-corrected chi connectivity index (χ0v) is 18.5. The quantitative estimate of drug-likeness (QED) is 0.405. The second kappa shape index (κ2) is 7.32. The van der Waals surface area contributed by atoms with Crippen LogP contribution in [-0.4, -0.2) is 24.7 Å². The Hall–Kier alpha value is -3.87. The molecule has 1 saturated carbocycles. The van der Waals surface area contributed by atoms with Crippen LogP contribution in [0.15, 0.2) is 59.9 Å². The van der Waals surface area contributed by atoms with Gasteiger partial charge in [0, 0.05) is 11.8 Å². The molecule has 6 nitrogen and oxygen atoms in total. The molecular formula is C27H22FN5O. The lowest BCUT2D eigenvalue weighted by atomic mass is 9.85. The monoisotopic (exact) mass is 451 g/mol. The molecule has 0 spiro atoms. The number of nitrogens with one attached hydrogen (secondary N) is 1. The summed E-state index contributed by atoms with van der Waals surface area (Å²) in [6, 6.07) is 11.6. The van der Waals surface area contributed by atoms with Gasteiger partial charge in [-0.15, -0.1) is 0 Å². The molecule has 2 aromatic carbocycles. The van der Waals surface area contributed by atoms with Crippen molar-refractivity contribution in [2.75, 3.05) is 0 Å². The highest BCUT2D eigenvalue weighted by atomic mass is 19.1. The minimum Gasteiger partial charge on any atom is -0.307 e. The van der Waals surface area contributed by atoms with Gasteiger partial charge in [-0.05, 0) is 78.3 Å². The number of hydrogen-bond donors (Lipinski definition) is 1. The van der Waals surface area contributed by atoms with Crippen molar-refractivity contribution in [1.82, 2.24) is 24.7 Å². The molecule has 2 aliphatic rings. The van der Waals surface area contributed by atoms with E-state index >= 15 is 4.39 Å². The molecule has 0 saturated heterocycles. The molecule has 7 heteroatoms. The predicted molar refractivity (Wildman–Crippen MR) is 128 cm³/mol. The number of halogens is 1. The normalized spacial score (nSPS) is 17.9. The van der Waals surface area contributed by atoms with Crippen LogP contribution in [0.3, 0.4) is 0 Å². The second-order valence-corrected chi connectivity index (χ2v) is 9.45. The van der Waals surface area contributed by atoms with Gasteiger partial charge in [-0.2, -0.15) is 5.10 Å². The third-order valence-electron chi connectivity index (χ3n) is 7.34. The number of aromatic nitrogens is 5. The maximum Gasteiger partial charge on any atom is 0.261 e. The molecule has 5 aromatic rings. The fraction of sp³-hybridized carbons (Fsp3) is 0.259. The first-order valence-corrected chi connectivity index (χ1v) is 11.8. The Bertz CT molecular complexity index is 1650. The molecule has 1 atom stereocenters. The van der Waals surface area contributed by atoms with Crippen LogP contribution in [0.5, 0.6) is 0 Å². The van der Waals surface area contributed by atoms with Gasteiger partial charge in [0.15, 0.2) is 5.65 Å². The molecule has 34 heavy (non-hydrogen) atoms. The fourth-order valence-corrected chi connectivity index (χ4v) is 5.48. The highest BCUT2D eigenvalue weighted by Gasteiger charge is 2.27. The van der Waals surface area contributed by atoms with Crippen molar-refractivity contribution in [3.05, 3.63) is 88.0 Å². The van der Waals surface area contributed by atoms with Gasteiger partial charge in [0.25, 0.3) is 5.56 Å². The smallest absolute Gasteiger partial charge is 0.261 e. The van der Waals surface area contributed by atoms with Crippen LogP contribution in [0.2, 0.25) is 0 Å². The van der Waals surface area contributed by atoms with E-state index in [0.717, 1.165) is 59.9 Å². The van der Waals surface area contributed by atoms with Crippen LogP contribution in [0.4, 0.5) is 4.39 Å². The van der Waals surface area contributed by atoms with E-state index in [1.807, 2.05) is 24.4 Å². The zero-order valence-electron chi connectivity index (χ0n) is 18.5. The van der Waals surface area contributed by atoms with Gasteiger partial charge >= 0.3 is 0 Å². The van der Waals surface area contributed by atoms with Gasteiger partial charge in [0.1, 0.15) is 12.1 Å². The largest absolute Gasteiger partial charge is 0.307 e. The Labute approximate surface area is 194 Å². The van der Waals surface area contributed by atoms with Crippen molar-refractivity contribution in [3.63, 3.8) is 0 Å². The highest BCUT2D eigenvalue weighted by molar-refractivity contribution is 5.89. The van der Waals surface area contributed by atoms with E-state index in [1.54, 1.807) is 16.8 Å². The predicted octanol–water partition coefficient (Wildman–Crippen LogP) is 5.28. The zero-order chi connectivity index (χ0) is 22.8. The number of fused-ring (bicyclic) bond motifs is 3. The Balaban J connectivity index is 1.33. The summed E-state index contributed by atoms with van der Waals surface area (Å²) in [7, 11) is 0. The average molecular weight is 452 g/mol. The highest BCUT2D eigenvalue weighted by Crippen LogP contribution is 2.41. The van der Waals surface area contributed by atoms with Gasteiger partial charge in [0.05, 0.1) is 28.7 Å². The number of nitrogens with zero attached hydrogens (tertiary/aromatic N) is 4. The number of benzene rings is 2. The summed E-state index contributed by atoms with van der Waals surface area (Å²) in [5.41, 5.74) is 5.60. The molecule has 0 bridgehead atoms. The lowest BCUT2D eigenvalue weighted by Crippen LogP contribution is -2.28. The molecule has 3 aromatic heterocycles. The lowest BCUT2D eigenvalue weighted by Gasteiger charge is -2.28. The number of pyridine rings is 1. The SMILES string of the molecule is O=c1c2c(F)cc(C3CC3)cc2ccn1C1CCCc2cc(-c3ncnc4[nH]ncc34)ccc21. The number of aromatic amines is 1. The summed E-state index contributed by atoms with van der Waals surface area (Å²) < 4.78 is 16.8. The molecule has 1 fully saturated rings. The van der Waals surface area contributed by atoms with E-state index < -0.39 is 5.82 Å². The molecule has 1 N–H and O–H groups in total. The van der Waals surface area contributed by atoms with Gasteiger partial charge in [-0.25, -0.2) is 14.4 Å². The van der Waals surface area contributed by atoms with E-state index in [2.05, 4.69) is 32.3 Å². The van der Waals surface area contributed by atoms with E-state index in [1.165, 1.54) is 11.9 Å². The van der Waals surface area contributed by atoms with Gasteiger partial charge < -0.3 is 4.57 Å².